The van der Waals surface area contributed by atoms with E-state index in [1.165, 1.54) is 0 Å². The molecule has 2 aromatic carbocycles. The Morgan fingerprint density at radius 3 is 2.05 bits per heavy atom. The summed E-state index contributed by atoms with van der Waals surface area (Å²) in [5.41, 5.74) is 4.75. The van der Waals surface area contributed by atoms with Crippen molar-refractivity contribution in [2.75, 3.05) is 42.8 Å². The largest absolute Gasteiger partial charge is 0.447 e. The minimum Gasteiger partial charge on any atom is -0.447 e. The van der Waals surface area contributed by atoms with Gasteiger partial charge in [0, 0.05) is 94.4 Å². The maximum atomic E-state index is 14.2. The number of ether oxygens (including phenoxy) is 3. The molecule has 2 saturated heterocycles. The van der Waals surface area contributed by atoms with Crippen LogP contribution in [0.1, 0.15) is 113 Å². The number of carbonyl (C=O) groups is 2. The minimum absolute atomic E-state index is 0.000926. The summed E-state index contributed by atoms with van der Waals surface area (Å²) in [6.07, 6.45) is 16.1. The van der Waals surface area contributed by atoms with Crippen LogP contribution in [0.2, 0.25) is 0 Å². The average Bonchev–Trinajstić information content (AvgIpc) is 4.23. The maximum Gasteiger partial charge on any atom is 0.407 e. The number of hydrogen-bond acceptors (Lipinski definition) is 16. The number of H-pyrrole nitrogens is 1. The third kappa shape index (κ3) is 12.7. The van der Waals surface area contributed by atoms with Crippen molar-refractivity contribution in [2.24, 2.45) is 0 Å². The Morgan fingerprint density at radius 2 is 1.46 bits per heavy atom. The number of nitrogens with one attached hydrogen (secondary N) is 6. The zero-order valence-corrected chi connectivity index (χ0v) is 46.4. The van der Waals surface area contributed by atoms with Crippen LogP contribution in [0.25, 0.3) is 20.9 Å². The Kier molecular flexibility index (Phi) is 16.6. The molecule has 0 spiro atoms. The van der Waals surface area contributed by atoms with Crippen molar-refractivity contribution in [2.45, 2.75) is 144 Å². The summed E-state index contributed by atoms with van der Waals surface area (Å²) in [6.45, 7) is 5.78. The molecule has 76 heavy (non-hydrogen) atoms. The van der Waals surface area contributed by atoms with E-state index in [0.29, 0.717) is 41.6 Å². The molecule has 2 atom stereocenters. The molecule has 2 amide bonds. The Hall–Kier alpha value is -5.67. The van der Waals surface area contributed by atoms with Crippen molar-refractivity contribution in [1.29, 1.82) is 4.78 Å². The molecule has 406 valence electrons. The van der Waals surface area contributed by atoms with Crippen molar-refractivity contribution >= 4 is 79.9 Å². The highest BCUT2D eigenvalue weighted by atomic mass is 32.2. The Labute approximate surface area is 450 Å². The van der Waals surface area contributed by atoms with E-state index in [9.17, 15) is 22.8 Å². The molecule has 2 saturated carbocycles. The molecule has 23 heteroatoms. The number of aromatic nitrogens is 6. The van der Waals surface area contributed by atoms with Crippen LogP contribution in [0.5, 0.6) is 0 Å². The number of thiazole rings is 2. The number of anilines is 4. The van der Waals surface area contributed by atoms with Crippen molar-refractivity contribution in [3.8, 4) is 20.9 Å². The number of carbonyl (C=O) groups excluding carboxylic acids is 2. The number of aryl methyl sites for hydroxylation is 2. The van der Waals surface area contributed by atoms with Gasteiger partial charge >= 0.3 is 12.2 Å². The molecule has 6 heterocycles. The number of alkyl carbamates (subject to hydrolysis) is 2. The van der Waals surface area contributed by atoms with Crippen LogP contribution in [0, 0.1) is 4.78 Å². The quantitative estimate of drug-likeness (QED) is 0.0390. The lowest BCUT2D eigenvalue weighted by Gasteiger charge is -2.29. The van der Waals surface area contributed by atoms with Crippen molar-refractivity contribution in [3.05, 3.63) is 83.0 Å². The van der Waals surface area contributed by atoms with E-state index in [1.54, 1.807) is 45.8 Å². The molecule has 6 aromatic rings. The van der Waals surface area contributed by atoms with Gasteiger partial charge in [-0.15, -0.1) is 22.7 Å². The number of aromatic amines is 1. The van der Waals surface area contributed by atoms with Crippen LogP contribution in [0.15, 0.2) is 72.1 Å². The minimum atomic E-state index is -3.24. The molecule has 4 fully saturated rings. The Bertz CT molecular complexity index is 3150. The van der Waals surface area contributed by atoms with Crippen LogP contribution in [0.4, 0.5) is 36.9 Å². The third-order valence-corrected chi connectivity index (χ3v) is 22.8. The zero-order chi connectivity index (χ0) is 53.0. The molecule has 0 radical (unpaired) electrons. The van der Waals surface area contributed by atoms with Crippen molar-refractivity contribution in [3.63, 3.8) is 0 Å². The number of nitrogens with zero attached hydrogens (tertiary/aromatic N) is 5. The molecule has 2 aliphatic carbocycles. The second kappa shape index (κ2) is 23.5. The van der Waals surface area contributed by atoms with E-state index in [1.807, 2.05) is 69.6 Å². The fourth-order valence-electron chi connectivity index (χ4n) is 10.4. The molecular weight excluding hydrogens is 1050 g/mol. The van der Waals surface area contributed by atoms with Gasteiger partial charge in [0.2, 0.25) is 0 Å². The number of amides is 2. The van der Waals surface area contributed by atoms with Crippen LogP contribution >= 0.6 is 29.8 Å². The van der Waals surface area contributed by atoms with Gasteiger partial charge in [-0.3, -0.25) is 9.78 Å². The first-order chi connectivity index (χ1) is 36.7. The highest BCUT2D eigenvalue weighted by Gasteiger charge is 2.37. The second-order valence-electron chi connectivity index (χ2n) is 20.8. The summed E-state index contributed by atoms with van der Waals surface area (Å²) in [6, 6.07) is 13.6. The van der Waals surface area contributed by atoms with E-state index in [2.05, 4.69) is 36.6 Å². The van der Waals surface area contributed by atoms with E-state index >= 15 is 0 Å². The monoisotopic (exact) mass is 1120 g/mol. The lowest BCUT2D eigenvalue weighted by atomic mass is 9.86. The first kappa shape index (κ1) is 53.7. The third-order valence-electron chi connectivity index (χ3n) is 14.8. The van der Waals surface area contributed by atoms with E-state index in [-0.39, 0.29) is 62.0 Å². The van der Waals surface area contributed by atoms with Gasteiger partial charge in [-0.2, -0.15) is 10.2 Å². The summed E-state index contributed by atoms with van der Waals surface area (Å²) in [5, 5.41) is 27.0. The van der Waals surface area contributed by atoms with Crippen molar-refractivity contribution in [1.82, 2.24) is 40.6 Å². The molecule has 0 bridgehead atoms. The summed E-state index contributed by atoms with van der Waals surface area (Å²) < 4.78 is 68.2. The molecule has 4 aromatic heterocycles. The van der Waals surface area contributed by atoms with Gasteiger partial charge in [-0.05, 0) is 116 Å². The highest BCUT2D eigenvalue weighted by molar-refractivity contribution is 7.93. The van der Waals surface area contributed by atoms with Crippen LogP contribution < -0.4 is 26.6 Å². The highest BCUT2D eigenvalue weighted by Crippen LogP contribution is 2.56. The first-order valence-electron chi connectivity index (χ1n) is 26.4. The van der Waals surface area contributed by atoms with Gasteiger partial charge in [0.1, 0.15) is 19.9 Å². The molecule has 4 aliphatic rings. The fraction of sp³-hybridized carbons (Fsp3) is 0.509. The summed E-state index contributed by atoms with van der Waals surface area (Å²) in [5.74, 6) is 1.07. The predicted octanol–water partition coefficient (Wildman–Crippen LogP) is 11.4. The van der Waals surface area contributed by atoms with Gasteiger partial charge in [-0.1, -0.05) is 12.1 Å². The van der Waals surface area contributed by atoms with Crippen LogP contribution in [-0.2, 0) is 41.5 Å². The lowest BCUT2D eigenvalue weighted by molar-refractivity contribution is 0.0427. The number of hydrogen-bond donors (Lipinski definition) is 6. The molecule has 2 unspecified atom stereocenters. The van der Waals surface area contributed by atoms with Gasteiger partial charge in [0.15, 0.2) is 5.82 Å². The van der Waals surface area contributed by atoms with Gasteiger partial charge in [0.25, 0.3) is 0 Å². The molecular formula is C53H67FN11O7PS3. The summed E-state index contributed by atoms with van der Waals surface area (Å²) >= 11 is 3.23. The number of benzene rings is 2. The molecule has 18 nitrogen and oxygen atoms in total. The fourth-order valence-corrected chi connectivity index (χ4v) is 16.9. The van der Waals surface area contributed by atoms with E-state index in [0.717, 1.165) is 111 Å². The average molecular weight is 1120 g/mol. The Balaban J connectivity index is 0.691. The first-order valence-corrected chi connectivity index (χ1v) is 31.8. The van der Waals surface area contributed by atoms with Crippen molar-refractivity contribution < 1.29 is 37.0 Å². The van der Waals surface area contributed by atoms with E-state index in [4.69, 9.17) is 29.0 Å². The van der Waals surface area contributed by atoms with Gasteiger partial charge in [0.05, 0.1) is 77.4 Å². The van der Waals surface area contributed by atoms with E-state index < -0.39 is 34.9 Å². The zero-order valence-electron chi connectivity index (χ0n) is 43.1. The van der Waals surface area contributed by atoms with Gasteiger partial charge in [-0.25, -0.2) is 32.9 Å². The standard InChI is InChI=1S/C53H67FN11O7PS3/c1-32(2)71-52(66)61-36-11-6-35(7-12-36)51-57-28-47(75-51)44-18-16-39(24-48(44)76(55,69)42-30-70-31-42)60-49-25-40(63-64-49)10-5-33(3)72-53(67)62-37-13-8-34(9-14-37)50-56-27-46(74-50)43-17-15-38(23-45(43)73(68)21-4-22-73)59-41-26-58-65(29-41)20-19-54/h15-18,23-29,32-37,42,55,59H,4-14,19-22,30-31H2,1-3H3,(H,61,66)(H,62,67)(H2,60,63,64). The van der Waals surface area contributed by atoms with Crippen LogP contribution in [-0.4, -0.2) is 108 Å². The number of rotatable bonds is 20. The maximum absolute atomic E-state index is 14.2. The normalized spacial score (nSPS) is 21.6. The van der Waals surface area contributed by atoms with Gasteiger partial charge < -0.3 is 40.0 Å². The molecule has 2 aliphatic heterocycles. The SMILES string of the molecule is CC(C)OC(=O)NC1CCC(c2ncc(-c3ccc(Nc4cc(CCC(C)OC(=O)NC5CCC(c6ncc(-c7ccc(Nc8cnn(CCF)c8)cc7P7(=O)CCC7)s6)CC5)[nH]n4)cc3S(=N)(=O)C3COC3)s2)CC1. The Morgan fingerprint density at radius 1 is 0.842 bits per heavy atom. The predicted molar refractivity (Wildman–Crippen MR) is 296 cm³/mol. The summed E-state index contributed by atoms with van der Waals surface area (Å²) in [4.78, 5) is 37.2. The molecule has 6 N–H and O–H groups in total. The number of halogens is 1. The smallest absolute Gasteiger partial charge is 0.407 e. The number of alkyl halides is 1. The summed E-state index contributed by atoms with van der Waals surface area (Å²) in [7, 11) is -5.75. The molecule has 10 rings (SSSR count). The second-order valence-corrected chi connectivity index (χ2v) is 28.4. The van der Waals surface area contributed by atoms with Crippen LogP contribution in [0.3, 0.4) is 0 Å². The topological polar surface area (TPSA) is 240 Å². The lowest BCUT2D eigenvalue weighted by Crippen LogP contribution is -2.40.